The minimum absolute atomic E-state index is 0.0658. The zero-order valence-corrected chi connectivity index (χ0v) is 9.72. The number of sulfonamides is 1. The molecule has 0 aliphatic rings. The second kappa shape index (κ2) is 4.01. The molecular weight excluding hydrogens is 244 g/mol. The summed E-state index contributed by atoms with van der Waals surface area (Å²) in [5.74, 6) is 0.0552. The number of aromatic nitrogens is 4. The summed E-state index contributed by atoms with van der Waals surface area (Å²) >= 11 is 0. The Morgan fingerprint density at radius 1 is 1.41 bits per heavy atom. The molecule has 9 heteroatoms. The standard InChI is InChI=1S/C8H10N6O2S/c1-14-5-6(8(9)12-14)17(15,16)13-7-4-10-2-3-11-7/h2-5H,1H3,(H2,9,12)(H,11,13). The molecular formula is C8H10N6O2S. The number of rotatable bonds is 3. The smallest absolute Gasteiger partial charge is 0.268 e. The maximum Gasteiger partial charge on any atom is 0.268 e. The van der Waals surface area contributed by atoms with E-state index >= 15 is 0 Å². The first-order chi connectivity index (χ1) is 7.99. The summed E-state index contributed by atoms with van der Waals surface area (Å²) in [5, 5.41) is 3.76. The highest BCUT2D eigenvalue weighted by Crippen LogP contribution is 2.18. The van der Waals surface area contributed by atoms with Gasteiger partial charge in [0.05, 0.1) is 6.20 Å². The molecule has 0 aliphatic heterocycles. The van der Waals surface area contributed by atoms with Crippen LogP contribution in [0.3, 0.4) is 0 Å². The van der Waals surface area contributed by atoms with Gasteiger partial charge in [0.25, 0.3) is 10.0 Å². The van der Waals surface area contributed by atoms with E-state index in [-0.39, 0.29) is 16.5 Å². The van der Waals surface area contributed by atoms with Gasteiger partial charge in [-0.1, -0.05) is 0 Å². The summed E-state index contributed by atoms with van der Waals surface area (Å²) < 4.78 is 27.4. The molecule has 0 saturated heterocycles. The minimum atomic E-state index is -3.78. The topological polar surface area (TPSA) is 116 Å². The summed E-state index contributed by atoms with van der Waals surface area (Å²) in [4.78, 5) is 7.46. The van der Waals surface area contributed by atoms with Crippen molar-refractivity contribution in [1.29, 1.82) is 0 Å². The highest BCUT2D eigenvalue weighted by molar-refractivity contribution is 7.92. The van der Waals surface area contributed by atoms with Gasteiger partial charge in [-0.25, -0.2) is 13.4 Å². The molecule has 0 amide bonds. The average molecular weight is 254 g/mol. The SMILES string of the molecule is Cn1cc(S(=O)(=O)Nc2cnccn2)c(N)n1. The van der Waals surface area contributed by atoms with Crippen LogP contribution in [-0.4, -0.2) is 28.2 Å². The molecule has 0 aromatic carbocycles. The Kier molecular flexibility index (Phi) is 2.68. The molecule has 2 rings (SSSR count). The Morgan fingerprint density at radius 3 is 2.71 bits per heavy atom. The predicted octanol–water partition coefficient (Wildman–Crippen LogP) is -0.407. The molecule has 0 aliphatic carbocycles. The van der Waals surface area contributed by atoms with Crippen molar-refractivity contribution in [2.24, 2.45) is 7.05 Å². The zero-order valence-electron chi connectivity index (χ0n) is 8.90. The normalized spacial score (nSPS) is 11.4. The molecule has 8 nitrogen and oxygen atoms in total. The first-order valence-electron chi connectivity index (χ1n) is 4.57. The van der Waals surface area contributed by atoms with Crippen LogP contribution < -0.4 is 10.5 Å². The van der Waals surface area contributed by atoms with Crippen molar-refractivity contribution in [2.45, 2.75) is 4.90 Å². The van der Waals surface area contributed by atoms with Gasteiger partial charge in [0, 0.05) is 25.6 Å². The third-order valence-electron chi connectivity index (χ3n) is 1.91. The average Bonchev–Trinajstić information content (AvgIpc) is 2.59. The fourth-order valence-electron chi connectivity index (χ4n) is 1.24. The minimum Gasteiger partial charge on any atom is -0.381 e. The summed E-state index contributed by atoms with van der Waals surface area (Å²) in [5.41, 5.74) is 5.49. The molecule has 0 unspecified atom stereocenters. The highest BCUT2D eigenvalue weighted by Gasteiger charge is 2.21. The van der Waals surface area contributed by atoms with Crippen LogP contribution in [0, 0.1) is 0 Å². The van der Waals surface area contributed by atoms with Crippen molar-refractivity contribution < 1.29 is 8.42 Å². The van der Waals surface area contributed by atoms with Gasteiger partial charge in [0.1, 0.15) is 4.90 Å². The first kappa shape index (κ1) is 11.3. The molecule has 0 bridgehead atoms. The summed E-state index contributed by atoms with van der Waals surface area (Å²) in [6.45, 7) is 0. The van der Waals surface area contributed by atoms with E-state index in [1.54, 1.807) is 7.05 Å². The van der Waals surface area contributed by atoms with E-state index in [1.807, 2.05) is 0 Å². The lowest BCUT2D eigenvalue weighted by Gasteiger charge is -2.04. The third-order valence-corrected chi connectivity index (χ3v) is 3.29. The summed E-state index contributed by atoms with van der Waals surface area (Å²) in [6, 6.07) is 0. The van der Waals surface area contributed by atoms with Crippen molar-refractivity contribution in [1.82, 2.24) is 19.7 Å². The van der Waals surface area contributed by atoms with Gasteiger partial charge < -0.3 is 5.73 Å². The largest absolute Gasteiger partial charge is 0.381 e. The van der Waals surface area contributed by atoms with Gasteiger partial charge in [-0.2, -0.15) is 5.10 Å². The number of nitrogen functional groups attached to an aromatic ring is 1. The quantitative estimate of drug-likeness (QED) is 0.769. The van der Waals surface area contributed by atoms with Crippen molar-refractivity contribution in [3.05, 3.63) is 24.8 Å². The van der Waals surface area contributed by atoms with Crippen molar-refractivity contribution >= 4 is 21.7 Å². The number of nitrogens with two attached hydrogens (primary N) is 1. The number of nitrogens with zero attached hydrogens (tertiary/aromatic N) is 4. The second-order valence-electron chi connectivity index (χ2n) is 3.25. The van der Waals surface area contributed by atoms with Crippen LogP contribution in [0.5, 0.6) is 0 Å². The Morgan fingerprint density at radius 2 is 2.18 bits per heavy atom. The molecule has 0 saturated carbocycles. The van der Waals surface area contributed by atoms with Crippen LogP contribution in [0.15, 0.2) is 29.7 Å². The molecule has 2 aromatic heterocycles. The van der Waals surface area contributed by atoms with Crippen molar-refractivity contribution in [2.75, 3.05) is 10.5 Å². The van der Waals surface area contributed by atoms with Crippen LogP contribution >= 0.6 is 0 Å². The predicted molar refractivity (Wildman–Crippen MR) is 60.5 cm³/mol. The van der Waals surface area contributed by atoms with Crippen molar-refractivity contribution in [3.8, 4) is 0 Å². The third kappa shape index (κ3) is 2.33. The van der Waals surface area contributed by atoms with E-state index in [4.69, 9.17) is 5.73 Å². The molecule has 2 aromatic rings. The Labute approximate surface area is 97.6 Å². The lowest BCUT2D eigenvalue weighted by molar-refractivity contribution is 0.601. The van der Waals surface area contributed by atoms with E-state index in [0.29, 0.717) is 0 Å². The number of hydrogen-bond donors (Lipinski definition) is 2. The molecule has 3 N–H and O–H groups in total. The lowest BCUT2D eigenvalue weighted by atomic mass is 10.7. The molecule has 0 fully saturated rings. The van der Waals surface area contributed by atoms with E-state index < -0.39 is 10.0 Å². The number of aryl methyl sites for hydroxylation is 1. The molecule has 2 heterocycles. The van der Waals surface area contributed by atoms with Crippen LogP contribution in [0.25, 0.3) is 0 Å². The molecule has 17 heavy (non-hydrogen) atoms. The second-order valence-corrected chi connectivity index (χ2v) is 4.90. The van der Waals surface area contributed by atoms with Crippen LogP contribution in [0.2, 0.25) is 0 Å². The number of hydrogen-bond acceptors (Lipinski definition) is 6. The summed E-state index contributed by atoms with van der Waals surface area (Å²) in [6.07, 6.45) is 5.43. The van der Waals surface area contributed by atoms with E-state index in [1.165, 1.54) is 29.5 Å². The lowest BCUT2D eigenvalue weighted by Crippen LogP contribution is -2.14. The maximum absolute atomic E-state index is 11.9. The van der Waals surface area contributed by atoms with E-state index in [2.05, 4.69) is 19.8 Å². The van der Waals surface area contributed by atoms with Gasteiger partial charge >= 0.3 is 0 Å². The number of nitrogens with one attached hydrogen (secondary N) is 1. The summed E-state index contributed by atoms with van der Waals surface area (Å²) in [7, 11) is -2.20. The first-order valence-corrected chi connectivity index (χ1v) is 6.05. The Balaban J connectivity index is 2.35. The zero-order chi connectivity index (χ0) is 12.5. The maximum atomic E-state index is 11.9. The van der Waals surface area contributed by atoms with E-state index in [0.717, 1.165) is 0 Å². The van der Waals surface area contributed by atoms with E-state index in [9.17, 15) is 8.42 Å². The van der Waals surface area contributed by atoms with Gasteiger partial charge in [0.2, 0.25) is 0 Å². The van der Waals surface area contributed by atoms with Gasteiger partial charge in [-0.05, 0) is 0 Å². The van der Waals surface area contributed by atoms with Gasteiger partial charge in [-0.15, -0.1) is 0 Å². The molecule has 0 radical (unpaired) electrons. The van der Waals surface area contributed by atoms with Crippen LogP contribution in [-0.2, 0) is 17.1 Å². The fourth-order valence-corrected chi connectivity index (χ4v) is 2.33. The fraction of sp³-hybridized carbons (Fsp3) is 0.125. The van der Waals surface area contributed by atoms with Gasteiger partial charge in [-0.3, -0.25) is 14.4 Å². The number of anilines is 2. The molecule has 0 spiro atoms. The molecule has 90 valence electrons. The highest BCUT2D eigenvalue weighted by atomic mass is 32.2. The van der Waals surface area contributed by atoms with Crippen LogP contribution in [0.1, 0.15) is 0 Å². The Bertz CT molecular complexity index is 621. The monoisotopic (exact) mass is 254 g/mol. The molecule has 0 atom stereocenters. The van der Waals surface area contributed by atoms with Crippen molar-refractivity contribution in [3.63, 3.8) is 0 Å². The van der Waals surface area contributed by atoms with Gasteiger partial charge in [0.15, 0.2) is 11.6 Å². The Hall–Kier alpha value is -2.16. The van der Waals surface area contributed by atoms with Crippen LogP contribution in [0.4, 0.5) is 11.6 Å².